The van der Waals surface area contributed by atoms with E-state index in [2.05, 4.69) is 24.5 Å². The van der Waals surface area contributed by atoms with Crippen molar-refractivity contribution in [3.05, 3.63) is 29.8 Å². The fraction of sp³-hybridized carbons (Fsp3) is 0.588. The van der Waals surface area contributed by atoms with Crippen molar-refractivity contribution in [1.29, 1.82) is 0 Å². The van der Waals surface area contributed by atoms with Crippen LogP contribution in [-0.4, -0.2) is 18.2 Å². The van der Waals surface area contributed by atoms with Gasteiger partial charge < -0.3 is 15.4 Å². The third-order valence-corrected chi connectivity index (χ3v) is 4.33. The van der Waals surface area contributed by atoms with E-state index in [0.717, 1.165) is 37.0 Å². The van der Waals surface area contributed by atoms with Crippen LogP contribution in [0.25, 0.3) is 0 Å². The van der Waals surface area contributed by atoms with Crippen LogP contribution in [0.5, 0.6) is 5.75 Å². The first-order valence-corrected chi connectivity index (χ1v) is 7.96. The highest BCUT2D eigenvalue weighted by molar-refractivity contribution is 5.74. The molecule has 0 saturated heterocycles. The number of ether oxygens (including phenoxy) is 1. The zero-order chi connectivity index (χ0) is 15.3. The van der Waals surface area contributed by atoms with E-state index in [1.165, 1.54) is 0 Å². The minimum Gasteiger partial charge on any atom is -0.487 e. The van der Waals surface area contributed by atoms with Gasteiger partial charge in [0.15, 0.2) is 0 Å². The Hall–Kier alpha value is -1.71. The molecule has 0 unspecified atom stereocenters. The molecular weight excluding hydrogens is 264 g/mol. The van der Waals surface area contributed by atoms with Crippen molar-refractivity contribution >= 4 is 6.03 Å². The van der Waals surface area contributed by atoms with E-state index in [-0.39, 0.29) is 17.7 Å². The van der Waals surface area contributed by atoms with E-state index < -0.39 is 0 Å². The largest absolute Gasteiger partial charge is 0.487 e. The summed E-state index contributed by atoms with van der Waals surface area (Å²) in [6.45, 7) is 7.03. The van der Waals surface area contributed by atoms with Gasteiger partial charge in [0.1, 0.15) is 11.4 Å². The lowest BCUT2D eigenvalue weighted by molar-refractivity contribution is 0.0244. The first-order chi connectivity index (χ1) is 10.1. The van der Waals surface area contributed by atoms with Crippen LogP contribution in [0, 0.1) is 0 Å². The maximum atomic E-state index is 12.0. The molecule has 1 heterocycles. The van der Waals surface area contributed by atoms with E-state index >= 15 is 0 Å². The standard InChI is InChI=1S/C17H26N2O2/c1-4-11-18-16(20)19-14-12-17(5-2,6-3)21-15-10-8-7-9-13(14)15/h7-10,14H,4-6,11-12H2,1-3H3,(H2,18,19,20)/t14-/m1/s1. The lowest BCUT2D eigenvalue weighted by Gasteiger charge is -2.41. The van der Waals surface area contributed by atoms with E-state index in [1.807, 2.05) is 31.2 Å². The lowest BCUT2D eigenvalue weighted by Crippen LogP contribution is -2.46. The Balaban J connectivity index is 2.20. The normalized spacial score (nSPS) is 19.3. The van der Waals surface area contributed by atoms with Crippen LogP contribution in [0.4, 0.5) is 4.79 Å². The van der Waals surface area contributed by atoms with Gasteiger partial charge in [-0.3, -0.25) is 0 Å². The highest BCUT2D eigenvalue weighted by Crippen LogP contribution is 2.42. The maximum absolute atomic E-state index is 12.0. The van der Waals surface area contributed by atoms with Gasteiger partial charge in [-0.15, -0.1) is 0 Å². The fourth-order valence-corrected chi connectivity index (χ4v) is 2.88. The van der Waals surface area contributed by atoms with E-state index in [1.54, 1.807) is 0 Å². The number of nitrogens with one attached hydrogen (secondary N) is 2. The highest BCUT2D eigenvalue weighted by atomic mass is 16.5. The molecule has 4 nitrogen and oxygen atoms in total. The monoisotopic (exact) mass is 290 g/mol. The summed E-state index contributed by atoms with van der Waals surface area (Å²) in [6, 6.07) is 7.91. The topological polar surface area (TPSA) is 50.4 Å². The number of amides is 2. The number of fused-ring (bicyclic) bond motifs is 1. The van der Waals surface area contributed by atoms with Crippen LogP contribution in [-0.2, 0) is 0 Å². The molecule has 1 atom stereocenters. The molecule has 0 saturated carbocycles. The summed E-state index contributed by atoms with van der Waals surface area (Å²) < 4.78 is 6.24. The molecule has 0 aromatic heterocycles. The van der Waals surface area contributed by atoms with Crippen LogP contribution in [0.15, 0.2) is 24.3 Å². The van der Waals surface area contributed by atoms with Crippen molar-refractivity contribution < 1.29 is 9.53 Å². The van der Waals surface area contributed by atoms with Crippen LogP contribution in [0.1, 0.15) is 58.1 Å². The number of hydrogen-bond acceptors (Lipinski definition) is 2. The van der Waals surface area contributed by atoms with Crippen molar-refractivity contribution in [3.8, 4) is 5.75 Å². The van der Waals surface area contributed by atoms with Crippen molar-refractivity contribution in [2.24, 2.45) is 0 Å². The average molecular weight is 290 g/mol. The van der Waals surface area contributed by atoms with Crippen LogP contribution in [0.2, 0.25) is 0 Å². The Morgan fingerprint density at radius 2 is 2.00 bits per heavy atom. The second-order valence-electron chi connectivity index (χ2n) is 5.69. The van der Waals surface area contributed by atoms with Crippen molar-refractivity contribution in [2.75, 3.05) is 6.54 Å². The first-order valence-electron chi connectivity index (χ1n) is 7.96. The summed E-state index contributed by atoms with van der Waals surface area (Å²) in [5.74, 6) is 0.897. The molecule has 0 spiro atoms. The number of rotatable bonds is 5. The van der Waals surface area contributed by atoms with Crippen LogP contribution < -0.4 is 15.4 Å². The predicted molar refractivity (Wildman–Crippen MR) is 84.6 cm³/mol. The molecule has 1 aliphatic rings. The minimum atomic E-state index is -0.183. The zero-order valence-electron chi connectivity index (χ0n) is 13.2. The molecule has 2 N–H and O–H groups in total. The average Bonchev–Trinajstić information content (AvgIpc) is 2.52. The van der Waals surface area contributed by atoms with Gasteiger partial charge in [-0.25, -0.2) is 4.79 Å². The predicted octanol–water partition coefficient (Wildman–Crippen LogP) is 3.78. The smallest absolute Gasteiger partial charge is 0.315 e. The molecule has 0 radical (unpaired) electrons. The molecule has 0 fully saturated rings. The molecule has 1 aromatic carbocycles. The number of para-hydroxylation sites is 1. The molecule has 4 heteroatoms. The van der Waals surface area contributed by atoms with Gasteiger partial charge in [0.05, 0.1) is 6.04 Å². The summed E-state index contributed by atoms with van der Waals surface area (Å²) in [5, 5.41) is 5.99. The molecule has 0 aliphatic carbocycles. The first kappa shape index (κ1) is 15.7. The van der Waals surface area contributed by atoms with Crippen molar-refractivity contribution in [2.45, 2.75) is 58.1 Å². The third kappa shape index (κ3) is 3.49. The Bertz CT molecular complexity index is 483. The Morgan fingerprint density at radius 3 is 2.67 bits per heavy atom. The SMILES string of the molecule is CCCNC(=O)N[C@@H]1CC(CC)(CC)Oc2ccccc21. The summed E-state index contributed by atoms with van der Waals surface area (Å²) in [6.07, 6.45) is 3.63. The number of benzene rings is 1. The Labute approximate surface area is 127 Å². The van der Waals surface area contributed by atoms with Gasteiger partial charge in [-0.2, -0.15) is 0 Å². The Morgan fingerprint density at radius 1 is 1.29 bits per heavy atom. The second kappa shape index (κ2) is 6.83. The minimum absolute atomic E-state index is 0.00621. The summed E-state index contributed by atoms with van der Waals surface area (Å²) in [7, 11) is 0. The molecule has 1 aromatic rings. The van der Waals surface area contributed by atoms with E-state index in [9.17, 15) is 4.79 Å². The summed E-state index contributed by atoms with van der Waals surface area (Å²) >= 11 is 0. The van der Waals surface area contributed by atoms with Gasteiger partial charge >= 0.3 is 6.03 Å². The van der Waals surface area contributed by atoms with Crippen molar-refractivity contribution in [3.63, 3.8) is 0 Å². The fourth-order valence-electron chi connectivity index (χ4n) is 2.88. The van der Waals surface area contributed by atoms with E-state index in [0.29, 0.717) is 6.54 Å². The molecular formula is C17H26N2O2. The van der Waals surface area contributed by atoms with Crippen molar-refractivity contribution in [1.82, 2.24) is 10.6 Å². The van der Waals surface area contributed by atoms with Crippen LogP contribution in [0.3, 0.4) is 0 Å². The molecule has 1 aliphatic heterocycles. The van der Waals surface area contributed by atoms with Gasteiger partial charge in [-0.1, -0.05) is 39.0 Å². The number of carbonyl (C=O) groups excluding carboxylic acids is 1. The summed E-state index contributed by atoms with van der Waals surface area (Å²) in [4.78, 5) is 12.0. The highest BCUT2D eigenvalue weighted by Gasteiger charge is 2.38. The number of hydrogen-bond donors (Lipinski definition) is 2. The molecule has 0 bridgehead atoms. The van der Waals surface area contributed by atoms with Gasteiger partial charge in [0.2, 0.25) is 0 Å². The number of carbonyl (C=O) groups is 1. The lowest BCUT2D eigenvalue weighted by atomic mass is 9.83. The van der Waals surface area contributed by atoms with Gasteiger partial charge in [0, 0.05) is 18.5 Å². The number of urea groups is 1. The quantitative estimate of drug-likeness (QED) is 0.867. The van der Waals surface area contributed by atoms with Gasteiger partial charge in [0.25, 0.3) is 0 Å². The Kier molecular flexibility index (Phi) is 5.10. The van der Waals surface area contributed by atoms with Crippen LogP contribution >= 0.6 is 0 Å². The maximum Gasteiger partial charge on any atom is 0.315 e. The molecule has 21 heavy (non-hydrogen) atoms. The third-order valence-electron chi connectivity index (χ3n) is 4.33. The van der Waals surface area contributed by atoms with E-state index in [4.69, 9.17) is 4.74 Å². The molecule has 116 valence electrons. The summed E-state index contributed by atoms with van der Waals surface area (Å²) in [5.41, 5.74) is 0.888. The van der Waals surface area contributed by atoms with Gasteiger partial charge in [-0.05, 0) is 25.3 Å². The second-order valence-corrected chi connectivity index (χ2v) is 5.69. The molecule has 2 amide bonds. The molecule has 2 rings (SSSR count). The zero-order valence-corrected chi connectivity index (χ0v) is 13.2.